The Labute approximate surface area is 113 Å². The molecule has 104 valence electrons. The fourth-order valence-corrected chi connectivity index (χ4v) is 1.58. The third kappa shape index (κ3) is 5.09. The first kappa shape index (κ1) is 15.2. The van der Waals surface area contributed by atoms with E-state index in [-0.39, 0.29) is 5.69 Å². The second-order valence-electron chi connectivity index (χ2n) is 4.12. The number of nitrogens with zero attached hydrogens (tertiary/aromatic N) is 1. The summed E-state index contributed by atoms with van der Waals surface area (Å²) in [6, 6.07) is 4.97. The van der Waals surface area contributed by atoms with Gasteiger partial charge in [0.15, 0.2) is 5.75 Å². The summed E-state index contributed by atoms with van der Waals surface area (Å²) >= 11 is 0. The molecule has 5 heteroatoms. The summed E-state index contributed by atoms with van der Waals surface area (Å²) in [6.07, 6.45) is 4.71. The van der Waals surface area contributed by atoms with Crippen LogP contribution in [0.4, 0.5) is 5.69 Å². The molecule has 0 aliphatic carbocycles. The van der Waals surface area contributed by atoms with Gasteiger partial charge in [0, 0.05) is 12.6 Å². The quantitative estimate of drug-likeness (QED) is 0.339. The van der Waals surface area contributed by atoms with Crippen molar-refractivity contribution in [1.29, 1.82) is 0 Å². The lowest BCUT2D eigenvalue weighted by atomic mass is 10.2. The number of ether oxygens (including phenoxy) is 1. The lowest BCUT2D eigenvalue weighted by molar-refractivity contribution is -0.385. The predicted molar refractivity (Wildman–Crippen MR) is 75.4 cm³/mol. The molecule has 0 saturated carbocycles. The molecule has 1 rings (SSSR count). The first-order chi connectivity index (χ1) is 9.19. The average Bonchev–Trinajstić information content (AvgIpc) is 2.39. The smallest absolute Gasteiger partial charge is 0.310 e. The minimum absolute atomic E-state index is 0.00347. The number of benzene rings is 1. The highest BCUT2D eigenvalue weighted by Crippen LogP contribution is 2.28. The van der Waals surface area contributed by atoms with Crippen LogP contribution in [0.25, 0.3) is 0 Å². The molecule has 0 bridgehead atoms. The van der Waals surface area contributed by atoms with E-state index in [1.54, 1.807) is 12.1 Å². The van der Waals surface area contributed by atoms with Crippen LogP contribution in [0.1, 0.15) is 25.8 Å². The maximum Gasteiger partial charge on any atom is 0.310 e. The molecule has 0 aromatic heterocycles. The molecule has 1 aromatic rings. The summed E-state index contributed by atoms with van der Waals surface area (Å²) in [5.74, 6) is 0.318. The molecule has 0 fully saturated rings. The lowest BCUT2D eigenvalue weighted by Crippen LogP contribution is -2.13. The summed E-state index contributed by atoms with van der Waals surface area (Å²) in [6.45, 7) is 5.91. The van der Waals surface area contributed by atoms with E-state index in [9.17, 15) is 10.1 Å². The Morgan fingerprint density at radius 2 is 2.26 bits per heavy atom. The van der Waals surface area contributed by atoms with Crippen molar-refractivity contribution in [3.05, 3.63) is 46.0 Å². The van der Waals surface area contributed by atoms with Crippen LogP contribution in [0.5, 0.6) is 5.75 Å². The second-order valence-corrected chi connectivity index (χ2v) is 4.12. The first-order valence-corrected chi connectivity index (χ1v) is 6.41. The van der Waals surface area contributed by atoms with Crippen LogP contribution in [0, 0.1) is 10.1 Å². The van der Waals surface area contributed by atoms with Crippen molar-refractivity contribution in [2.24, 2.45) is 0 Å². The van der Waals surface area contributed by atoms with Crippen LogP contribution in [-0.4, -0.2) is 18.1 Å². The maximum absolute atomic E-state index is 10.9. The van der Waals surface area contributed by atoms with E-state index in [4.69, 9.17) is 4.74 Å². The van der Waals surface area contributed by atoms with Gasteiger partial charge in [-0.25, -0.2) is 0 Å². The van der Waals surface area contributed by atoms with Crippen LogP contribution in [0.3, 0.4) is 0 Å². The molecule has 0 aliphatic heterocycles. The monoisotopic (exact) mass is 264 g/mol. The highest BCUT2D eigenvalue weighted by atomic mass is 16.6. The van der Waals surface area contributed by atoms with Gasteiger partial charge in [-0.15, -0.1) is 0 Å². The van der Waals surface area contributed by atoms with Gasteiger partial charge < -0.3 is 10.1 Å². The van der Waals surface area contributed by atoms with Crippen LogP contribution in [0.15, 0.2) is 30.4 Å². The minimum atomic E-state index is -0.422. The molecule has 5 nitrogen and oxygen atoms in total. The van der Waals surface area contributed by atoms with E-state index in [2.05, 4.69) is 12.2 Å². The Bertz CT molecular complexity index is 444. The molecule has 0 spiro atoms. The average molecular weight is 264 g/mol. The van der Waals surface area contributed by atoms with Gasteiger partial charge in [0.2, 0.25) is 0 Å². The SMILES string of the molecule is CC=CCOc1cc(CNCCC)ccc1[N+](=O)[O-]. The molecular weight excluding hydrogens is 244 g/mol. The van der Waals surface area contributed by atoms with Gasteiger partial charge in [-0.05, 0) is 31.5 Å². The highest BCUT2D eigenvalue weighted by molar-refractivity contribution is 5.48. The summed E-state index contributed by atoms with van der Waals surface area (Å²) in [4.78, 5) is 10.5. The number of rotatable bonds is 8. The zero-order valence-electron chi connectivity index (χ0n) is 11.4. The van der Waals surface area contributed by atoms with Crippen LogP contribution in [-0.2, 0) is 6.54 Å². The van der Waals surface area contributed by atoms with Gasteiger partial charge in [0.25, 0.3) is 0 Å². The van der Waals surface area contributed by atoms with Crippen LogP contribution in [0.2, 0.25) is 0 Å². The molecule has 0 unspecified atom stereocenters. The molecule has 1 aromatic carbocycles. The molecule has 19 heavy (non-hydrogen) atoms. The number of nitro benzene ring substituents is 1. The zero-order valence-corrected chi connectivity index (χ0v) is 11.4. The Hall–Kier alpha value is -1.88. The fourth-order valence-electron chi connectivity index (χ4n) is 1.58. The molecule has 1 N–H and O–H groups in total. The van der Waals surface area contributed by atoms with Crippen molar-refractivity contribution in [3.63, 3.8) is 0 Å². The third-order valence-electron chi connectivity index (χ3n) is 2.55. The van der Waals surface area contributed by atoms with Crippen molar-refractivity contribution in [2.75, 3.05) is 13.2 Å². The molecular formula is C14H20N2O3. The van der Waals surface area contributed by atoms with Crippen LogP contribution < -0.4 is 10.1 Å². The third-order valence-corrected chi connectivity index (χ3v) is 2.55. The maximum atomic E-state index is 10.9. The summed E-state index contributed by atoms with van der Waals surface area (Å²) in [7, 11) is 0. The predicted octanol–water partition coefficient (Wildman–Crippen LogP) is 3.05. The Morgan fingerprint density at radius 3 is 2.89 bits per heavy atom. The van der Waals surface area contributed by atoms with E-state index in [0.717, 1.165) is 18.5 Å². The number of hydrogen-bond donors (Lipinski definition) is 1. The number of allylic oxidation sites excluding steroid dienone is 1. The zero-order chi connectivity index (χ0) is 14.1. The molecule has 0 heterocycles. The van der Waals surface area contributed by atoms with E-state index in [1.165, 1.54) is 6.07 Å². The summed E-state index contributed by atoms with van der Waals surface area (Å²) in [5.41, 5.74) is 0.985. The Morgan fingerprint density at radius 1 is 1.47 bits per heavy atom. The number of nitro groups is 1. The van der Waals surface area contributed by atoms with E-state index in [1.807, 2.05) is 19.1 Å². The van der Waals surface area contributed by atoms with Gasteiger partial charge >= 0.3 is 5.69 Å². The fraction of sp³-hybridized carbons (Fsp3) is 0.429. The number of hydrogen-bond acceptors (Lipinski definition) is 4. The van der Waals surface area contributed by atoms with E-state index in [0.29, 0.717) is 18.9 Å². The van der Waals surface area contributed by atoms with Gasteiger partial charge in [-0.2, -0.15) is 0 Å². The van der Waals surface area contributed by atoms with Gasteiger partial charge in [0.1, 0.15) is 6.61 Å². The van der Waals surface area contributed by atoms with Gasteiger partial charge in [-0.3, -0.25) is 10.1 Å². The second kappa shape index (κ2) is 8.26. The normalized spacial score (nSPS) is 10.8. The molecule has 0 atom stereocenters. The van der Waals surface area contributed by atoms with Crippen molar-refractivity contribution >= 4 is 5.69 Å². The largest absolute Gasteiger partial charge is 0.483 e. The highest BCUT2D eigenvalue weighted by Gasteiger charge is 2.15. The molecule has 0 saturated heterocycles. The first-order valence-electron chi connectivity index (χ1n) is 6.41. The number of nitrogens with one attached hydrogen (secondary N) is 1. The standard InChI is InChI=1S/C14H20N2O3/c1-3-5-9-19-14-10-12(11-15-8-4-2)6-7-13(14)16(17)18/h3,5-7,10,15H,4,8-9,11H2,1-2H3. The summed E-state index contributed by atoms with van der Waals surface area (Å²) in [5, 5.41) is 14.2. The van der Waals surface area contributed by atoms with E-state index < -0.39 is 4.92 Å². The topological polar surface area (TPSA) is 64.4 Å². The molecule has 0 radical (unpaired) electrons. The van der Waals surface area contributed by atoms with Crippen molar-refractivity contribution in [1.82, 2.24) is 5.32 Å². The Balaban J connectivity index is 2.81. The van der Waals surface area contributed by atoms with Crippen molar-refractivity contribution in [3.8, 4) is 5.75 Å². The minimum Gasteiger partial charge on any atom is -0.483 e. The van der Waals surface area contributed by atoms with Crippen molar-refractivity contribution < 1.29 is 9.66 Å². The van der Waals surface area contributed by atoms with Crippen LogP contribution >= 0.6 is 0 Å². The van der Waals surface area contributed by atoms with Gasteiger partial charge in [0.05, 0.1) is 4.92 Å². The van der Waals surface area contributed by atoms with Gasteiger partial charge in [-0.1, -0.05) is 25.1 Å². The molecule has 0 aliphatic rings. The van der Waals surface area contributed by atoms with Crippen molar-refractivity contribution in [2.45, 2.75) is 26.8 Å². The summed E-state index contributed by atoms with van der Waals surface area (Å²) < 4.78 is 5.43. The molecule has 0 amide bonds. The Kier molecular flexibility index (Phi) is 6.60. The lowest BCUT2D eigenvalue weighted by Gasteiger charge is -2.08. The van der Waals surface area contributed by atoms with E-state index >= 15 is 0 Å².